The van der Waals surface area contributed by atoms with E-state index in [9.17, 15) is 9.59 Å². The number of nitrogens with two attached hydrogens (primary N) is 1. The number of amides is 2. The van der Waals surface area contributed by atoms with E-state index in [2.05, 4.69) is 17.3 Å². The molecule has 2 aromatic heterocycles. The molecular formula is C20H20N4O2S. The Labute approximate surface area is 161 Å². The highest BCUT2D eigenvalue weighted by molar-refractivity contribution is 7.17. The van der Waals surface area contributed by atoms with Gasteiger partial charge in [0.1, 0.15) is 5.00 Å². The van der Waals surface area contributed by atoms with Crippen molar-refractivity contribution in [2.75, 3.05) is 5.32 Å². The predicted molar refractivity (Wildman–Crippen MR) is 106 cm³/mol. The summed E-state index contributed by atoms with van der Waals surface area (Å²) in [4.78, 5) is 25.8. The number of thiophene rings is 1. The number of nitrogens with zero attached hydrogens (tertiary/aromatic N) is 2. The standard InChI is InChI=1S/C20H20N4O2S/c1-12-3-8-15-16(11-12)27-20(17(15)18(21)25)23-19(26)13-4-6-14(7-5-13)24-10-2-9-22-24/h2,4-7,9-10,12H,3,8,11H2,1H3,(H2,21,25)(H,23,26). The van der Waals surface area contributed by atoms with E-state index in [1.807, 2.05) is 24.4 Å². The summed E-state index contributed by atoms with van der Waals surface area (Å²) in [6, 6.07) is 8.99. The first-order valence-corrected chi connectivity index (χ1v) is 9.70. The van der Waals surface area contributed by atoms with E-state index < -0.39 is 5.91 Å². The van der Waals surface area contributed by atoms with Gasteiger partial charge >= 0.3 is 0 Å². The number of aromatic nitrogens is 2. The van der Waals surface area contributed by atoms with Gasteiger partial charge in [-0.25, -0.2) is 4.68 Å². The van der Waals surface area contributed by atoms with Crippen molar-refractivity contribution in [1.29, 1.82) is 0 Å². The summed E-state index contributed by atoms with van der Waals surface area (Å²) in [7, 11) is 0. The van der Waals surface area contributed by atoms with Gasteiger partial charge in [-0.15, -0.1) is 11.3 Å². The number of anilines is 1. The van der Waals surface area contributed by atoms with E-state index in [4.69, 9.17) is 5.73 Å². The second-order valence-corrected chi connectivity index (χ2v) is 7.98. The van der Waals surface area contributed by atoms with Crippen LogP contribution in [0, 0.1) is 5.92 Å². The fourth-order valence-corrected chi connectivity index (χ4v) is 4.87. The lowest BCUT2D eigenvalue weighted by Gasteiger charge is -2.18. The summed E-state index contributed by atoms with van der Waals surface area (Å²) >= 11 is 1.47. The first kappa shape index (κ1) is 17.5. The Balaban J connectivity index is 1.59. The molecule has 4 rings (SSSR count). The van der Waals surface area contributed by atoms with E-state index in [0.717, 1.165) is 35.4 Å². The van der Waals surface area contributed by atoms with Crippen molar-refractivity contribution in [2.24, 2.45) is 11.7 Å². The molecule has 2 amide bonds. The van der Waals surface area contributed by atoms with Crippen molar-refractivity contribution in [1.82, 2.24) is 9.78 Å². The third kappa shape index (κ3) is 3.38. The van der Waals surface area contributed by atoms with E-state index in [0.29, 0.717) is 22.0 Å². The Hall–Kier alpha value is -2.93. The maximum absolute atomic E-state index is 12.7. The number of nitrogens with one attached hydrogen (secondary N) is 1. The van der Waals surface area contributed by atoms with Gasteiger partial charge in [0.2, 0.25) is 0 Å². The molecular weight excluding hydrogens is 360 g/mol. The zero-order chi connectivity index (χ0) is 19.0. The summed E-state index contributed by atoms with van der Waals surface area (Å²) in [6.45, 7) is 2.20. The molecule has 0 radical (unpaired) electrons. The number of carbonyl (C=O) groups is 2. The average Bonchev–Trinajstić information content (AvgIpc) is 3.29. The lowest BCUT2D eigenvalue weighted by Crippen LogP contribution is -2.19. The second kappa shape index (κ2) is 7.00. The molecule has 2 heterocycles. The number of benzene rings is 1. The summed E-state index contributed by atoms with van der Waals surface area (Å²) in [6.07, 6.45) is 6.33. The van der Waals surface area contributed by atoms with Gasteiger partial charge in [-0.2, -0.15) is 5.10 Å². The highest BCUT2D eigenvalue weighted by atomic mass is 32.1. The molecule has 138 valence electrons. The van der Waals surface area contributed by atoms with Gasteiger partial charge in [0.15, 0.2) is 0 Å². The summed E-state index contributed by atoms with van der Waals surface area (Å²) < 4.78 is 1.72. The van der Waals surface area contributed by atoms with Crippen LogP contribution in [0.4, 0.5) is 5.00 Å². The average molecular weight is 380 g/mol. The summed E-state index contributed by atoms with van der Waals surface area (Å²) in [5, 5.41) is 7.62. The van der Waals surface area contributed by atoms with Gasteiger partial charge in [0.25, 0.3) is 11.8 Å². The number of fused-ring (bicyclic) bond motifs is 1. The summed E-state index contributed by atoms with van der Waals surface area (Å²) in [5.74, 6) is -0.155. The largest absolute Gasteiger partial charge is 0.365 e. The van der Waals surface area contributed by atoms with Crippen LogP contribution in [-0.2, 0) is 12.8 Å². The molecule has 0 spiro atoms. The molecule has 3 aromatic rings. The molecule has 6 nitrogen and oxygen atoms in total. The number of primary amides is 1. The van der Waals surface area contributed by atoms with Gasteiger partial charge in [-0.3, -0.25) is 9.59 Å². The minimum atomic E-state index is -0.480. The normalized spacial score (nSPS) is 16.0. The molecule has 0 saturated carbocycles. The van der Waals surface area contributed by atoms with Crippen molar-refractivity contribution in [3.05, 3.63) is 64.3 Å². The second-order valence-electron chi connectivity index (χ2n) is 6.87. The lowest BCUT2D eigenvalue weighted by atomic mass is 9.88. The van der Waals surface area contributed by atoms with Crippen molar-refractivity contribution in [2.45, 2.75) is 26.2 Å². The Bertz CT molecular complexity index is 990. The predicted octanol–water partition coefficient (Wildman–Crippen LogP) is 3.41. The van der Waals surface area contributed by atoms with Crippen LogP contribution in [0.3, 0.4) is 0 Å². The van der Waals surface area contributed by atoms with Gasteiger partial charge in [0, 0.05) is 22.8 Å². The molecule has 27 heavy (non-hydrogen) atoms. The Morgan fingerprint density at radius 1 is 1.30 bits per heavy atom. The van der Waals surface area contributed by atoms with Crippen molar-refractivity contribution in [3.8, 4) is 5.69 Å². The van der Waals surface area contributed by atoms with E-state index in [1.54, 1.807) is 23.0 Å². The first-order valence-electron chi connectivity index (χ1n) is 8.88. The van der Waals surface area contributed by atoms with Crippen LogP contribution in [-0.4, -0.2) is 21.6 Å². The zero-order valence-corrected chi connectivity index (χ0v) is 15.8. The van der Waals surface area contributed by atoms with Crippen LogP contribution >= 0.6 is 11.3 Å². The van der Waals surface area contributed by atoms with E-state index in [1.165, 1.54) is 11.3 Å². The van der Waals surface area contributed by atoms with Crippen LogP contribution in [0.15, 0.2) is 42.7 Å². The van der Waals surface area contributed by atoms with Gasteiger partial charge in [0.05, 0.1) is 11.3 Å². The highest BCUT2D eigenvalue weighted by Gasteiger charge is 2.27. The molecule has 0 aliphatic heterocycles. The van der Waals surface area contributed by atoms with E-state index in [-0.39, 0.29) is 5.91 Å². The molecule has 7 heteroatoms. The Kier molecular flexibility index (Phi) is 4.53. The molecule has 0 fully saturated rings. The lowest BCUT2D eigenvalue weighted by molar-refractivity contribution is 0.1000. The maximum atomic E-state index is 12.7. The number of carbonyl (C=O) groups excluding carboxylic acids is 2. The monoisotopic (exact) mass is 380 g/mol. The minimum absolute atomic E-state index is 0.254. The van der Waals surface area contributed by atoms with Gasteiger partial charge in [-0.05, 0) is 61.1 Å². The number of hydrogen-bond donors (Lipinski definition) is 2. The Morgan fingerprint density at radius 2 is 2.07 bits per heavy atom. The van der Waals surface area contributed by atoms with Crippen LogP contribution in [0.5, 0.6) is 0 Å². The fraction of sp³-hybridized carbons (Fsp3) is 0.250. The quantitative estimate of drug-likeness (QED) is 0.727. The van der Waals surface area contributed by atoms with Crippen LogP contribution in [0.25, 0.3) is 5.69 Å². The molecule has 1 atom stereocenters. The Morgan fingerprint density at radius 3 is 2.74 bits per heavy atom. The van der Waals surface area contributed by atoms with Crippen molar-refractivity contribution in [3.63, 3.8) is 0 Å². The first-order chi connectivity index (χ1) is 13.0. The van der Waals surface area contributed by atoms with Gasteiger partial charge in [-0.1, -0.05) is 6.92 Å². The zero-order valence-electron chi connectivity index (χ0n) is 14.9. The topological polar surface area (TPSA) is 90.0 Å². The molecule has 1 aromatic carbocycles. The number of rotatable bonds is 4. The van der Waals surface area contributed by atoms with E-state index >= 15 is 0 Å². The maximum Gasteiger partial charge on any atom is 0.256 e. The van der Waals surface area contributed by atoms with Crippen molar-refractivity contribution >= 4 is 28.2 Å². The SMILES string of the molecule is CC1CCc2c(sc(NC(=O)c3ccc(-n4cccn4)cc3)c2C(N)=O)C1. The minimum Gasteiger partial charge on any atom is -0.365 e. The summed E-state index contributed by atoms with van der Waals surface area (Å²) in [5.41, 5.74) is 8.48. The molecule has 1 aliphatic rings. The van der Waals surface area contributed by atoms with Gasteiger partial charge < -0.3 is 11.1 Å². The molecule has 3 N–H and O–H groups in total. The molecule has 0 bridgehead atoms. The third-order valence-corrected chi connectivity index (χ3v) is 6.05. The highest BCUT2D eigenvalue weighted by Crippen LogP contribution is 2.39. The fourth-order valence-electron chi connectivity index (χ4n) is 3.46. The number of hydrogen-bond acceptors (Lipinski definition) is 4. The van der Waals surface area contributed by atoms with Crippen molar-refractivity contribution < 1.29 is 9.59 Å². The third-order valence-electron chi connectivity index (χ3n) is 4.88. The molecule has 0 saturated heterocycles. The molecule has 1 unspecified atom stereocenters. The smallest absolute Gasteiger partial charge is 0.256 e. The molecule has 1 aliphatic carbocycles. The van der Waals surface area contributed by atoms with Crippen LogP contribution < -0.4 is 11.1 Å². The van der Waals surface area contributed by atoms with Crippen LogP contribution in [0.2, 0.25) is 0 Å². The van der Waals surface area contributed by atoms with Crippen LogP contribution in [0.1, 0.15) is 44.5 Å².